The predicted molar refractivity (Wildman–Crippen MR) is 67.8 cm³/mol. The molecular weight excluding hydrogens is 238 g/mol. The predicted octanol–water partition coefficient (Wildman–Crippen LogP) is 2.94. The van der Waals surface area contributed by atoms with Crippen molar-refractivity contribution in [1.29, 1.82) is 0 Å². The van der Waals surface area contributed by atoms with Crippen molar-refractivity contribution in [2.75, 3.05) is 11.2 Å². The van der Waals surface area contributed by atoms with Gasteiger partial charge in [0.1, 0.15) is 0 Å². The highest BCUT2D eigenvalue weighted by Gasteiger charge is 2.19. The lowest BCUT2D eigenvalue weighted by Crippen LogP contribution is -2.09. The number of fused-ring (bicyclic) bond motifs is 1. The number of alkyl halides is 1. The standard InChI is InChI=1S/C13H14ClNO2/c1-8-2-5-13(17)15-11-4-3-9(6-10(8)11)12(16)7-14/h3-4,6,8H,2,5,7H2,1H3,(H,15,17). The van der Waals surface area contributed by atoms with Crippen molar-refractivity contribution in [2.24, 2.45) is 0 Å². The summed E-state index contributed by atoms with van der Waals surface area (Å²) in [5.74, 6) is 0.204. The number of hydrogen-bond acceptors (Lipinski definition) is 2. The van der Waals surface area contributed by atoms with E-state index in [-0.39, 0.29) is 23.5 Å². The molecule has 0 saturated heterocycles. The number of hydrogen-bond donors (Lipinski definition) is 1. The molecule has 1 aromatic carbocycles. The number of halogens is 1. The normalized spacial score (nSPS) is 19.2. The smallest absolute Gasteiger partial charge is 0.224 e. The summed E-state index contributed by atoms with van der Waals surface area (Å²) in [6.07, 6.45) is 1.33. The van der Waals surface area contributed by atoms with Crippen LogP contribution >= 0.6 is 11.6 Å². The van der Waals surface area contributed by atoms with Crippen molar-refractivity contribution in [2.45, 2.75) is 25.7 Å². The third-order valence-corrected chi connectivity index (χ3v) is 3.35. The van der Waals surface area contributed by atoms with E-state index in [4.69, 9.17) is 11.6 Å². The van der Waals surface area contributed by atoms with Crippen LogP contribution < -0.4 is 5.32 Å². The van der Waals surface area contributed by atoms with E-state index < -0.39 is 0 Å². The molecule has 0 saturated carbocycles. The Morgan fingerprint density at radius 2 is 2.29 bits per heavy atom. The van der Waals surface area contributed by atoms with Gasteiger partial charge in [-0.2, -0.15) is 0 Å². The monoisotopic (exact) mass is 251 g/mol. The van der Waals surface area contributed by atoms with Gasteiger partial charge in [-0.1, -0.05) is 6.92 Å². The Bertz CT molecular complexity index is 470. The molecule has 1 atom stereocenters. The fourth-order valence-corrected chi connectivity index (χ4v) is 2.20. The lowest BCUT2D eigenvalue weighted by atomic mass is 9.94. The number of ketones is 1. The first-order valence-electron chi connectivity index (χ1n) is 5.64. The second kappa shape index (κ2) is 4.88. The molecule has 2 rings (SSSR count). The second-order valence-corrected chi connectivity index (χ2v) is 4.61. The summed E-state index contributed by atoms with van der Waals surface area (Å²) in [6.45, 7) is 2.06. The minimum Gasteiger partial charge on any atom is -0.326 e. The highest BCUT2D eigenvalue weighted by molar-refractivity contribution is 6.30. The van der Waals surface area contributed by atoms with Gasteiger partial charge in [-0.25, -0.2) is 0 Å². The van der Waals surface area contributed by atoms with Crippen molar-refractivity contribution >= 4 is 29.0 Å². The summed E-state index contributed by atoms with van der Waals surface area (Å²) >= 11 is 5.54. The average Bonchev–Trinajstić information content (AvgIpc) is 2.48. The fourth-order valence-electron chi connectivity index (χ4n) is 2.05. The minimum atomic E-state index is -0.0859. The Morgan fingerprint density at radius 3 is 3.00 bits per heavy atom. The van der Waals surface area contributed by atoms with E-state index in [0.717, 1.165) is 17.7 Å². The van der Waals surface area contributed by atoms with Gasteiger partial charge in [0, 0.05) is 17.7 Å². The minimum absolute atomic E-state index is 0.0144. The fraction of sp³-hybridized carbons (Fsp3) is 0.385. The van der Waals surface area contributed by atoms with Gasteiger partial charge in [0.05, 0.1) is 5.88 Å². The van der Waals surface area contributed by atoms with Crippen LogP contribution in [0.2, 0.25) is 0 Å². The van der Waals surface area contributed by atoms with Gasteiger partial charge in [0.15, 0.2) is 5.78 Å². The molecule has 0 bridgehead atoms. The highest BCUT2D eigenvalue weighted by atomic mass is 35.5. The topological polar surface area (TPSA) is 46.2 Å². The third kappa shape index (κ3) is 2.50. The molecule has 1 amide bonds. The molecular formula is C13H14ClNO2. The summed E-state index contributed by atoms with van der Waals surface area (Å²) in [4.78, 5) is 23.0. The number of carbonyl (C=O) groups is 2. The Morgan fingerprint density at radius 1 is 1.53 bits per heavy atom. The van der Waals surface area contributed by atoms with Crippen molar-refractivity contribution in [3.8, 4) is 0 Å². The van der Waals surface area contributed by atoms with Gasteiger partial charge in [0.2, 0.25) is 5.91 Å². The van der Waals surface area contributed by atoms with E-state index >= 15 is 0 Å². The van der Waals surface area contributed by atoms with Gasteiger partial charge < -0.3 is 5.32 Å². The van der Waals surface area contributed by atoms with Crippen molar-refractivity contribution in [3.63, 3.8) is 0 Å². The van der Waals surface area contributed by atoms with Crippen LogP contribution in [0.5, 0.6) is 0 Å². The van der Waals surface area contributed by atoms with Crippen LogP contribution in [-0.4, -0.2) is 17.6 Å². The number of Topliss-reactive ketones (excluding diaryl/α,β-unsaturated/α-hetero) is 1. The number of nitrogens with one attached hydrogen (secondary N) is 1. The highest BCUT2D eigenvalue weighted by Crippen LogP contribution is 2.32. The molecule has 1 aliphatic rings. The lowest BCUT2D eigenvalue weighted by Gasteiger charge is -2.13. The molecule has 0 aromatic heterocycles. The number of amides is 1. The maximum absolute atomic E-state index is 11.5. The molecule has 1 heterocycles. The zero-order valence-electron chi connectivity index (χ0n) is 9.63. The molecule has 0 radical (unpaired) electrons. The molecule has 0 aliphatic carbocycles. The SMILES string of the molecule is CC1CCC(=O)Nc2ccc(C(=O)CCl)cc21. The van der Waals surface area contributed by atoms with Crippen LogP contribution in [0, 0.1) is 0 Å². The molecule has 4 heteroatoms. The number of anilines is 1. The number of carbonyl (C=O) groups excluding carboxylic acids is 2. The molecule has 1 N–H and O–H groups in total. The molecule has 17 heavy (non-hydrogen) atoms. The largest absolute Gasteiger partial charge is 0.326 e. The summed E-state index contributed by atoms with van der Waals surface area (Å²) < 4.78 is 0. The molecule has 0 fully saturated rings. The van der Waals surface area contributed by atoms with Crippen molar-refractivity contribution < 1.29 is 9.59 Å². The van der Waals surface area contributed by atoms with Crippen LogP contribution in [-0.2, 0) is 4.79 Å². The summed E-state index contributed by atoms with van der Waals surface area (Å²) in [5, 5.41) is 2.85. The van der Waals surface area contributed by atoms with Crippen LogP contribution in [0.3, 0.4) is 0 Å². The van der Waals surface area contributed by atoms with Gasteiger partial charge in [-0.05, 0) is 36.1 Å². The van der Waals surface area contributed by atoms with E-state index in [9.17, 15) is 9.59 Å². The summed E-state index contributed by atoms with van der Waals surface area (Å²) in [7, 11) is 0. The summed E-state index contributed by atoms with van der Waals surface area (Å²) in [5.41, 5.74) is 2.44. The van der Waals surface area contributed by atoms with Gasteiger partial charge >= 0.3 is 0 Å². The quantitative estimate of drug-likeness (QED) is 0.649. The first kappa shape index (κ1) is 12.1. The van der Waals surface area contributed by atoms with E-state index in [1.54, 1.807) is 12.1 Å². The Labute approximate surface area is 105 Å². The molecule has 3 nitrogen and oxygen atoms in total. The zero-order valence-corrected chi connectivity index (χ0v) is 10.4. The summed E-state index contributed by atoms with van der Waals surface area (Å²) in [6, 6.07) is 5.34. The average molecular weight is 252 g/mol. The van der Waals surface area contributed by atoms with Gasteiger partial charge in [-0.15, -0.1) is 11.6 Å². The number of rotatable bonds is 2. The van der Waals surface area contributed by atoms with E-state index in [1.807, 2.05) is 6.07 Å². The Hall–Kier alpha value is -1.35. The van der Waals surface area contributed by atoms with Crippen LogP contribution in [0.4, 0.5) is 5.69 Å². The van der Waals surface area contributed by atoms with E-state index in [1.165, 1.54) is 0 Å². The molecule has 0 spiro atoms. The molecule has 1 aromatic rings. The van der Waals surface area contributed by atoms with Crippen molar-refractivity contribution in [3.05, 3.63) is 29.3 Å². The van der Waals surface area contributed by atoms with Gasteiger partial charge in [0.25, 0.3) is 0 Å². The zero-order chi connectivity index (χ0) is 12.4. The van der Waals surface area contributed by atoms with Crippen LogP contribution in [0.15, 0.2) is 18.2 Å². The van der Waals surface area contributed by atoms with E-state index in [2.05, 4.69) is 12.2 Å². The Balaban J connectivity index is 2.42. The number of benzene rings is 1. The molecule has 90 valence electrons. The second-order valence-electron chi connectivity index (χ2n) is 4.35. The maximum Gasteiger partial charge on any atom is 0.224 e. The third-order valence-electron chi connectivity index (χ3n) is 3.10. The Kier molecular flexibility index (Phi) is 3.48. The van der Waals surface area contributed by atoms with Crippen LogP contribution in [0.25, 0.3) is 0 Å². The first-order chi connectivity index (χ1) is 8.11. The van der Waals surface area contributed by atoms with Crippen LogP contribution in [0.1, 0.15) is 41.6 Å². The maximum atomic E-state index is 11.5. The van der Waals surface area contributed by atoms with E-state index in [0.29, 0.717) is 12.0 Å². The molecule has 1 unspecified atom stereocenters. The van der Waals surface area contributed by atoms with Crippen molar-refractivity contribution in [1.82, 2.24) is 0 Å². The first-order valence-corrected chi connectivity index (χ1v) is 6.18. The molecule has 1 aliphatic heterocycles. The van der Waals surface area contributed by atoms with Gasteiger partial charge in [-0.3, -0.25) is 9.59 Å². The lowest BCUT2D eigenvalue weighted by molar-refractivity contribution is -0.116.